The third-order valence-corrected chi connectivity index (χ3v) is 5.57. The van der Waals surface area contributed by atoms with Crippen molar-refractivity contribution in [2.24, 2.45) is 0 Å². The summed E-state index contributed by atoms with van der Waals surface area (Å²) in [7, 11) is 0. The molecule has 0 amide bonds. The molecule has 0 aliphatic heterocycles. The number of carboxylic acid groups (broad SMARTS) is 1. The maximum Gasteiger partial charge on any atom is 0.336 e. The number of benzene rings is 2. The van der Waals surface area contributed by atoms with Crippen LogP contribution in [0.1, 0.15) is 57.6 Å². The van der Waals surface area contributed by atoms with Gasteiger partial charge in [0.25, 0.3) is 0 Å². The molecule has 0 aliphatic carbocycles. The lowest BCUT2D eigenvalue weighted by atomic mass is 9.95. The Bertz CT molecular complexity index is 1020. The summed E-state index contributed by atoms with van der Waals surface area (Å²) in [6, 6.07) is 9.44. The number of rotatable bonds is 7. The van der Waals surface area contributed by atoms with E-state index >= 15 is 0 Å². The van der Waals surface area contributed by atoms with Gasteiger partial charge in [0.15, 0.2) is 6.29 Å². The Morgan fingerprint density at radius 3 is 2.63 bits per heavy atom. The second-order valence-electron chi connectivity index (χ2n) is 6.59. The van der Waals surface area contributed by atoms with E-state index in [-0.39, 0.29) is 0 Å². The number of aldehydes is 1. The number of imidazole rings is 1. The Kier molecular flexibility index (Phi) is 5.94. The zero-order valence-electron chi connectivity index (χ0n) is 15.3. The van der Waals surface area contributed by atoms with Crippen molar-refractivity contribution in [3.63, 3.8) is 0 Å². The van der Waals surface area contributed by atoms with Crippen LogP contribution in [0.5, 0.6) is 0 Å². The summed E-state index contributed by atoms with van der Waals surface area (Å²) in [6.45, 7) is 4.43. The first-order valence-electron chi connectivity index (χ1n) is 8.92. The number of nitrogens with zero attached hydrogens (tertiary/aromatic N) is 2. The molecule has 0 aliphatic rings. The van der Waals surface area contributed by atoms with Gasteiger partial charge < -0.3 is 9.67 Å². The van der Waals surface area contributed by atoms with Crippen LogP contribution >= 0.6 is 22.6 Å². The van der Waals surface area contributed by atoms with Crippen LogP contribution in [-0.2, 0) is 13.0 Å². The first kappa shape index (κ1) is 19.5. The molecule has 5 nitrogen and oxygen atoms in total. The van der Waals surface area contributed by atoms with Crippen molar-refractivity contribution in [2.75, 3.05) is 0 Å². The van der Waals surface area contributed by atoms with Crippen LogP contribution in [0.4, 0.5) is 0 Å². The van der Waals surface area contributed by atoms with E-state index in [2.05, 4.69) is 34.5 Å². The second-order valence-corrected chi connectivity index (χ2v) is 7.61. The van der Waals surface area contributed by atoms with Crippen LogP contribution in [0.25, 0.3) is 10.8 Å². The lowest BCUT2D eigenvalue weighted by molar-refractivity contribution is 0.0698. The van der Waals surface area contributed by atoms with E-state index in [1.807, 2.05) is 41.8 Å². The van der Waals surface area contributed by atoms with E-state index in [0.29, 0.717) is 27.1 Å². The van der Waals surface area contributed by atoms with Crippen molar-refractivity contribution in [3.8, 4) is 0 Å². The fourth-order valence-electron chi connectivity index (χ4n) is 3.49. The standard InChI is InChI=1S/C21H21IN2O3/c1-3-4-9-18-23-20(22)17(12-25)24(18)11-14-10-13(2)19(21(26)27)16-8-6-5-7-15(14)16/h5-8,10,12H,3-4,9,11H2,1-2H3,(H,26,27). The zero-order valence-corrected chi connectivity index (χ0v) is 17.5. The molecular formula is C21H21IN2O3. The fraction of sp³-hybridized carbons (Fsp3) is 0.286. The summed E-state index contributed by atoms with van der Waals surface area (Å²) in [4.78, 5) is 28.0. The number of carbonyl (C=O) groups excluding carboxylic acids is 1. The largest absolute Gasteiger partial charge is 0.478 e. The number of aryl methyl sites for hydroxylation is 2. The number of carboxylic acids is 1. The van der Waals surface area contributed by atoms with Crippen LogP contribution in [-0.4, -0.2) is 26.9 Å². The molecule has 0 spiro atoms. The Labute approximate surface area is 171 Å². The number of hydrogen-bond donors (Lipinski definition) is 1. The molecule has 0 saturated carbocycles. The summed E-state index contributed by atoms with van der Waals surface area (Å²) in [5, 5.41) is 11.2. The number of hydrogen-bond acceptors (Lipinski definition) is 3. The summed E-state index contributed by atoms with van der Waals surface area (Å²) < 4.78 is 2.67. The van der Waals surface area contributed by atoms with Crippen LogP contribution < -0.4 is 0 Å². The molecule has 140 valence electrons. The zero-order chi connectivity index (χ0) is 19.6. The molecule has 0 unspecified atom stereocenters. The van der Waals surface area contributed by atoms with Crippen molar-refractivity contribution >= 4 is 45.6 Å². The Balaban J connectivity index is 2.17. The van der Waals surface area contributed by atoms with Gasteiger partial charge in [0.05, 0.1) is 12.1 Å². The topological polar surface area (TPSA) is 72.2 Å². The smallest absolute Gasteiger partial charge is 0.336 e. The quantitative estimate of drug-likeness (QED) is 0.391. The van der Waals surface area contributed by atoms with E-state index in [1.54, 1.807) is 0 Å². The number of halogens is 1. The predicted molar refractivity (Wildman–Crippen MR) is 114 cm³/mol. The molecule has 0 radical (unpaired) electrons. The fourth-order valence-corrected chi connectivity index (χ4v) is 4.18. The van der Waals surface area contributed by atoms with Gasteiger partial charge in [-0.1, -0.05) is 43.7 Å². The number of carbonyl (C=O) groups is 2. The lowest BCUT2D eigenvalue weighted by Crippen LogP contribution is -2.11. The van der Waals surface area contributed by atoms with Crippen LogP contribution in [0.2, 0.25) is 0 Å². The third kappa shape index (κ3) is 3.76. The molecule has 3 aromatic rings. The normalized spacial score (nSPS) is 11.1. The monoisotopic (exact) mass is 476 g/mol. The molecular weight excluding hydrogens is 455 g/mol. The highest BCUT2D eigenvalue weighted by molar-refractivity contribution is 14.1. The first-order valence-corrected chi connectivity index (χ1v) is 10.00. The average molecular weight is 476 g/mol. The molecule has 3 rings (SSSR count). The molecule has 0 atom stereocenters. The summed E-state index contributed by atoms with van der Waals surface area (Å²) in [5.41, 5.74) is 2.61. The van der Waals surface area contributed by atoms with Crippen molar-refractivity contribution < 1.29 is 14.7 Å². The number of fused-ring (bicyclic) bond motifs is 1. The third-order valence-electron chi connectivity index (χ3n) is 4.78. The highest BCUT2D eigenvalue weighted by atomic mass is 127. The van der Waals surface area contributed by atoms with Gasteiger partial charge in [0, 0.05) is 6.42 Å². The molecule has 27 heavy (non-hydrogen) atoms. The highest BCUT2D eigenvalue weighted by Crippen LogP contribution is 2.28. The van der Waals surface area contributed by atoms with Crippen molar-refractivity contribution in [1.29, 1.82) is 0 Å². The van der Waals surface area contributed by atoms with Crippen molar-refractivity contribution in [1.82, 2.24) is 9.55 Å². The van der Waals surface area contributed by atoms with E-state index < -0.39 is 5.97 Å². The van der Waals surface area contributed by atoms with Gasteiger partial charge in [0.2, 0.25) is 0 Å². The maximum atomic E-state index is 11.7. The SMILES string of the molecule is CCCCc1nc(I)c(C=O)n1Cc1cc(C)c(C(=O)O)c2ccccc12. The number of aromatic carboxylic acids is 1. The van der Waals surface area contributed by atoms with Crippen LogP contribution in [0, 0.1) is 10.6 Å². The van der Waals surface area contributed by atoms with E-state index in [4.69, 9.17) is 0 Å². The average Bonchev–Trinajstić information content (AvgIpc) is 2.94. The van der Waals surface area contributed by atoms with Crippen LogP contribution in [0.3, 0.4) is 0 Å². The van der Waals surface area contributed by atoms with Gasteiger partial charge in [-0.2, -0.15) is 0 Å². The first-order chi connectivity index (χ1) is 13.0. The summed E-state index contributed by atoms with van der Waals surface area (Å²) in [6.07, 6.45) is 3.72. The van der Waals surface area contributed by atoms with E-state index in [0.717, 1.165) is 47.7 Å². The molecule has 0 bridgehead atoms. The molecule has 0 fully saturated rings. The Hall–Kier alpha value is -2.22. The van der Waals surface area contributed by atoms with Gasteiger partial charge in [-0.05, 0) is 57.8 Å². The minimum absolute atomic E-state index is 0.330. The van der Waals surface area contributed by atoms with Gasteiger partial charge >= 0.3 is 5.97 Å². The van der Waals surface area contributed by atoms with Gasteiger partial charge in [0.1, 0.15) is 15.2 Å². The molecule has 1 heterocycles. The summed E-state index contributed by atoms with van der Waals surface area (Å²) in [5.74, 6) is -0.0305. The van der Waals surface area contributed by atoms with Gasteiger partial charge in [-0.25, -0.2) is 9.78 Å². The van der Waals surface area contributed by atoms with Gasteiger partial charge in [-0.3, -0.25) is 4.79 Å². The second kappa shape index (κ2) is 8.21. The molecule has 2 aromatic carbocycles. The Morgan fingerprint density at radius 2 is 2.00 bits per heavy atom. The minimum Gasteiger partial charge on any atom is -0.478 e. The summed E-state index contributed by atoms with van der Waals surface area (Å²) >= 11 is 2.10. The minimum atomic E-state index is -0.926. The van der Waals surface area contributed by atoms with Crippen molar-refractivity contribution in [2.45, 2.75) is 39.7 Å². The van der Waals surface area contributed by atoms with E-state index in [9.17, 15) is 14.7 Å². The molecule has 1 aromatic heterocycles. The predicted octanol–water partition coefficient (Wildman–Crippen LogP) is 4.85. The number of unbranched alkanes of at least 4 members (excludes halogenated alkanes) is 1. The van der Waals surface area contributed by atoms with Crippen LogP contribution in [0.15, 0.2) is 30.3 Å². The maximum absolute atomic E-state index is 11.7. The Morgan fingerprint density at radius 1 is 1.30 bits per heavy atom. The van der Waals surface area contributed by atoms with Crippen molar-refractivity contribution in [3.05, 3.63) is 62.2 Å². The van der Waals surface area contributed by atoms with Gasteiger partial charge in [-0.15, -0.1) is 0 Å². The van der Waals surface area contributed by atoms with E-state index in [1.165, 1.54) is 0 Å². The lowest BCUT2D eigenvalue weighted by Gasteiger charge is -2.15. The molecule has 1 N–H and O–H groups in total. The molecule has 6 heteroatoms. The highest BCUT2D eigenvalue weighted by Gasteiger charge is 2.19. The molecule has 0 saturated heterocycles. The number of aromatic nitrogens is 2.